The second kappa shape index (κ2) is 10.2. The van der Waals surface area contributed by atoms with Gasteiger partial charge in [0.2, 0.25) is 5.91 Å². The van der Waals surface area contributed by atoms with Crippen LogP contribution in [0, 0.1) is 0 Å². The lowest BCUT2D eigenvalue weighted by Crippen LogP contribution is -2.49. The molecule has 1 amide bonds. The van der Waals surface area contributed by atoms with Crippen molar-refractivity contribution in [1.29, 1.82) is 0 Å². The Morgan fingerprint density at radius 1 is 0.941 bits per heavy atom. The van der Waals surface area contributed by atoms with Crippen molar-refractivity contribution in [3.63, 3.8) is 0 Å². The number of rotatable bonds is 7. The second-order valence-electron chi connectivity index (χ2n) is 8.86. The SMILES string of the molecule is C[C@@H](NC[C@@H](c1ccccc1)c1c(-c2ccccc2)[nH]c2ccccc12)C(=O)N1CCOCC1. The summed E-state index contributed by atoms with van der Waals surface area (Å²) >= 11 is 0. The monoisotopic (exact) mass is 453 g/mol. The predicted octanol–water partition coefficient (Wildman–Crippen LogP) is 4.80. The van der Waals surface area contributed by atoms with Crippen LogP contribution >= 0.6 is 0 Å². The number of aromatic amines is 1. The van der Waals surface area contributed by atoms with Crippen molar-refractivity contribution in [1.82, 2.24) is 15.2 Å². The van der Waals surface area contributed by atoms with Crippen LogP contribution in [0.25, 0.3) is 22.2 Å². The summed E-state index contributed by atoms with van der Waals surface area (Å²) in [5.74, 6) is 0.213. The molecule has 0 unspecified atom stereocenters. The van der Waals surface area contributed by atoms with Crippen LogP contribution in [-0.2, 0) is 9.53 Å². The molecule has 4 aromatic rings. The average molecular weight is 454 g/mol. The van der Waals surface area contributed by atoms with Crippen molar-refractivity contribution in [3.8, 4) is 11.3 Å². The zero-order chi connectivity index (χ0) is 23.3. The molecule has 0 bridgehead atoms. The number of hydrogen-bond donors (Lipinski definition) is 2. The van der Waals surface area contributed by atoms with Crippen molar-refractivity contribution in [2.75, 3.05) is 32.8 Å². The summed E-state index contributed by atoms with van der Waals surface area (Å²) in [6.07, 6.45) is 0. The van der Waals surface area contributed by atoms with E-state index in [2.05, 4.69) is 83.1 Å². The summed E-state index contributed by atoms with van der Waals surface area (Å²) in [6, 6.07) is 29.3. The van der Waals surface area contributed by atoms with Crippen molar-refractivity contribution in [3.05, 3.63) is 96.1 Å². The zero-order valence-electron chi connectivity index (χ0n) is 19.5. The third kappa shape index (κ3) is 4.63. The molecule has 1 aliphatic rings. The fraction of sp³-hybridized carbons (Fsp3) is 0.276. The number of ether oxygens (including phenoxy) is 1. The van der Waals surface area contributed by atoms with Gasteiger partial charge in [-0.25, -0.2) is 0 Å². The van der Waals surface area contributed by atoms with Crippen LogP contribution in [0.15, 0.2) is 84.9 Å². The number of fused-ring (bicyclic) bond motifs is 1. The lowest BCUT2D eigenvalue weighted by molar-refractivity contribution is -0.137. The fourth-order valence-corrected chi connectivity index (χ4v) is 4.87. The minimum Gasteiger partial charge on any atom is -0.378 e. The van der Waals surface area contributed by atoms with E-state index in [-0.39, 0.29) is 17.9 Å². The topological polar surface area (TPSA) is 57.4 Å². The molecule has 2 heterocycles. The van der Waals surface area contributed by atoms with Gasteiger partial charge >= 0.3 is 0 Å². The molecule has 3 aromatic carbocycles. The molecule has 1 saturated heterocycles. The van der Waals surface area contributed by atoms with Crippen LogP contribution in [0.2, 0.25) is 0 Å². The molecule has 174 valence electrons. The maximum Gasteiger partial charge on any atom is 0.239 e. The molecule has 1 aromatic heterocycles. The summed E-state index contributed by atoms with van der Waals surface area (Å²) in [7, 11) is 0. The van der Waals surface area contributed by atoms with Gasteiger partial charge in [-0.3, -0.25) is 4.79 Å². The molecule has 5 heteroatoms. The van der Waals surface area contributed by atoms with Crippen LogP contribution in [0.4, 0.5) is 0 Å². The Balaban J connectivity index is 1.51. The molecule has 1 aliphatic heterocycles. The first-order chi connectivity index (χ1) is 16.7. The number of H-pyrrole nitrogens is 1. The maximum atomic E-state index is 13.0. The number of para-hydroxylation sites is 1. The van der Waals surface area contributed by atoms with Gasteiger partial charge in [-0.2, -0.15) is 0 Å². The highest BCUT2D eigenvalue weighted by Crippen LogP contribution is 2.38. The highest BCUT2D eigenvalue weighted by molar-refractivity contribution is 5.92. The Morgan fingerprint density at radius 3 is 2.32 bits per heavy atom. The molecule has 5 rings (SSSR count). The number of nitrogens with zero attached hydrogens (tertiary/aromatic N) is 1. The molecule has 2 N–H and O–H groups in total. The van der Waals surface area contributed by atoms with E-state index >= 15 is 0 Å². The summed E-state index contributed by atoms with van der Waals surface area (Å²) in [6.45, 7) is 5.17. The number of nitrogens with one attached hydrogen (secondary N) is 2. The molecule has 5 nitrogen and oxygen atoms in total. The standard InChI is InChI=1S/C29H31N3O2/c1-21(29(33)32-16-18-34-19-17-32)30-20-25(22-10-4-2-5-11-22)27-24-14-8-9-15-26(24)31-28(27)23-12-6-3-7-13-23/h2-15,21,25,30-31H,16-20H2,1H3/t21-,25+/m1/s1. The number of amides is 1. The van der Waals surface area contributed by atoms with Gasteiger partial charge in [-0.1, -0.05) is 78.9 Å². The number of morpholine rings is 1. The molecule has 0 aliphatic carbocycles. The molecule has 0 saturated carbocycles. The van der Waals surface area contributed by atoms with Crippen LogP contribution in [0.5, 0.6) is 0 Å². The Labute approximate surface area is 200 Å². The minimum atomic E-state index is -0.269. The summed E-state index contributed by atoms with van der Waals surface area (Å²) in [5.41, 5.74) is 5.89. The van der Waals surface area contributed by atoms with Gasteiger partial charge in [0, 0.05) is 36.5 Å². The smallest absolute Gasteiger partial charge is 0.239 e. The van der Waals surface area contributed by atoms with Gasteiger partial charge < -0.3 is 19.9 Å². The quantitative estimate of drug-likeness (QED) is 0.423. The van der Waals surface area contributed by atoms with Crippen LogP contribution in [0.1, 0.15) is 24.0 Å². The number of carbonyl (C=O) groups excluding carboxylic acids is 1. The van der Waals surface area contributed by atoms with Gasteiger partial charge in [-0.15, -0.1) is 0 Å². The predicted molar refractivity (Wildman–Crippen MR) is 137 cm³/mol. The zero-order valence-corrected chi connectivity index (χ0v) is 19.5. The Kier molecular flexibility index (Phi) is 6.74. The van der Waals surface area contributed by atoms with E-state index in [1.807, 2.05) is 24.0 Å². The molecule has 2 atom stereocenters. The van der Waals surface area contributed by atoms with Gasteiger partial charge in [0.15, 0.2) is 0 Å². The molecule has 34 heavy (non-hydrogen) atoms. The number of aromatic nitrogens is 1. The first-order valence-corrected chi connectivity index (χ1v) is 12.0. The third-order valence-corrected chi connectivity index (χ3v) is 6.68. The third-order valence-electron chi connectivity index (χ3n) is 6.68. The molecule has 0 spiro atoms. The number of benzene rings is 3. The molecule has 1 fully saturated rings. The molecular weight excluding hydrogens is 422 g/mol. The van der Waals surface area contributed by atoms with E-state index in [1.165, 1.54) is 16.5 Å². The van der Waals surface area contributed by atoms with Gasteiger partial charge in [0.25, 0.3) is 0 Å². The van der Waals surface area contributed by atoms with Crippen LogP contribution in [0.3, 0.4) is 0 Å². The number of carbonyl (C=O) groups is 1. The van der Waals surface area contributed by atoms with E-state index in [9.17, 15) is 4.79 Å². The second-order valence-corrected chi connectivity index (χ2v) is 8.86. The largest absolute Gasteiger partial charge is 0.378 e. The minimum absolute atomic E-state index is 0.0764. The van der Waals surface area contributed by atoms with Gasteiger partial charge in [0.1, 0.15) is 0 Å². The van der Waals surface area contributed by atoms with Crippen LogP contribution in [-0.4, -0.2) is 54.7 Å². The van der Waals surface area contributed by atoms with E-state index in [0.29, 0.717) is 32.8 Å². The van der Waals surface area contributed by atoms with E-state index in [0.717, 1.165) is 16.8 Å². The molecular formula is C29H31N3O2. The fourth-order valence-electron chi connectivity index (χ4n) is 4.87. The van der Waals surface area contributed by atoms with Crippen molar-refractivity contribution >= 4 is 16.8 Å². The van der Waals surface area contributed by atoms with E-state index in [1.54, 1.807) is 0 Å². The van der Waals surface area contributed by atoms with Crippen molar-refractivity contribution in [2.24, 2.45) is 0 Å². The van der Waals surface area contributed by atoms with Crippen LogP contribution < -0.4 is 5.32 Å². The van der Waals surface area contributed by atoms with E-state index < -0.39 is 0 Å². The highest BCUT2D eigenvalue weighted by atomic mass is 16.5. The highest BCUT2D eigenvalue weighted by Gasteiger charge is 2.26. The lowest BCUT2D eigenvalue weighted by Gasteiger charge is -2.30. The Hall–Kier alpha value is -3.41. The molecule has 0 radical (unpaired) electrons. The van der Waals surface area contributed by atoms with Crippen molar-refractivity contribution < 1.29 is 9.53 Å². The van der Waals surface area contributed by atoms with Gasteiger partial charge in [0.05, 0.1) is 24.9 Å². The Bertz CT molecular complexity index is 1230. The average Bonchev–Trinajstić information content (AvgIpc) is 3.29. The first kappa shape index (κ1) is 22.4. The maximum absolute atomic E-state index is 13.0. The summed E-state index contributed by atoms with van der Waals surface area (Å²) in [4.78, 5) is 18.6. The number of hydrogen-bond acceptors (Lipinski definition) is 3. The summed E-state index contributed by atoms with van der Waals surface area (Å²) < 4.78 is 5.41. The first-order valence-electron chi connectivity index (χ1n) is 12.0. The lowest BCUT2D eigenvalue weighted by atomic mass is 9.87. The van der Waals surface area contributed by atoms with E-state index in [4.69, 9.17) is 4.74 Å². The normalized spacial score (nSPS) is 15.9. The summed E-state index contributed by atoms with van der Waals surface area (Å²) in [5, 5.41) is 4.78. The Morgan fingerprint density at radius 2 is 1.59 bits per heavy atom. The van der Waals surface area contributed by atoms with Gasteiger partial charge in [-0.05, 0) is 29.7 Å². The van der Waals surface area contributed by atoms with Crippen molar-refractivity contribution in [2.45, 2.75) is 18.9 Å².